The van der Waals surface area contributed by atoms with Gasteiger partial charge in [-0.2, -0.15) is 4.31 Å². The lowest BCUT2D eigenvalue weighted by Gasteiger charge is -2.31. The summed E-state index contributed by atoms with van der Waals surface area (Å²) in [6.45, 7) is 3.51. The minimum Gasteiger partial charge on any atom is -0.342 e. The molecule has 0 spiro atoms. The van der Waals surface area contributed by atoms with Crippen LogP contribution in [0.25, 0.3) is 0 Å². The van der Waals surface area contributed by atoms with Crippen LogP contribution in [-0.2, 0) is 14.8 Å². The fourth-order valence-corrected chi connectivity index (χ4v) is 3.55. The van der Waals surface area contributed by atoms with E-state index in [9.17, 15) is 13.2 Å². The van der Waals surface area contributed by atoms with Crippen LogP contribution in [0.15, 0.2) is 35.2 Å². The summed E-state index contributed by atoms with van der Waals surface area (Å²) in [5, 5.41) is 0. The Morgan fingerprint density at radius 1 is 1.24 bits per heavy atom. The Bertz CT molecular complexity index is 578. The number of amides is 1. The lowest BCUT2D eigenvalue weighted by Crippen LogP contribution is -2.44. The molecule has 5 nitrogen and oxygen atoms in total. The molecule has 116 valence electrons. The van der Waals surface area contributed by atoms with Crippen molar-refractivity contribution >= 4 is 15.9 Å². The van der Waals surface area contributed by atoms with E-state index in [1.165, 1.54) is 7.05 Å². The summed E-state index contributed by atoms with van der Waals surface area (Å²) < 4.78 is 25.8. The largest absolute Gasteiger partial charge is 0.342 e. The number of carbonyl (C=O) groups is 1. The van der Waals surface area contributed by atoms with Gasteiger partial charge < -0.3 is 4.90 Å². The van der Waals surface area contributed by atoms with E-state index in [0.29, 0.717) is 5.92 Å². The fraction of sp³-hybridized carbons (Fsp3) is 0.533. The van der Waals surface area contributed by atoms with Gasteiger partial charge in [0, 0.05) is 20.1 Å². The number of benzene rings is 1. The van der Waals surface area contributed by atoms with Gasteiger partial charge in [-0.15, -0.1) is 0 Å². The highest BCUT2D eigenvalue weighted by atomic mass is 32.2. The predicted octanol–water partition coefficient (Wildman–Crippen LogP) is 1.57. The zero-order chi connectivity index (χ0) is 15.5. The Balaban J connectivity index is 2.01. The molecule has 0 aromatic heterocycles. The average molecular weight is 310 g/mol. The van der Waals surface area contributed by atoms with Crippen LogP contribution < -0.4 is 0 Å². The standard InChI is InChI=1S/C15H22N2O3S/c1-13-8-10-17(11-9-13)15(18)12-16(2)21(19,20)14-6-4-3-5-7-14/h3-7,13H,8-12H2,1-2H3. The highest BCUT2D eigenvalue weighted by molar-refractivity contribution is 7.89. The van der Waals surface area contributed by atoms with Gasteiger partial charge in [0.15, 0.2) is 0 Å². The Hall–Kier alpha value is -1.40. The number of likely N-dealkylation sites (tertiary alicyclic amines) is 1. The lowest BCUT2D eigenvalue weighted by molar-refractivity contribution is -0.132. The van der Waals surface area contributed by atoms with Crippen molar-refractivity contribution in [2.45, 2.75) is 24.7 Å². The van der Waals surface area contributed by atoms with Gasteiger partial charge in [-0.25, -0.2) is 8.42 Å². The molecule has 1 aliphatic rings. The second-order valence-corrected chi connectivity index (χ2v) is 7.68. The van der Waals surface area contributed by atoms with Crippen LogP contribution in [0.2, 0.25) is 0 Å². The van der Waals surface area contributed by atoms with Crippen molar-refractivity contribution in [1.82, 2.24) is 9.21 Å². The second kappa shape index (κ2) is 6.58. The van der Waals surface area contributed by atoms with E-state index in [0.717, 1.165) is 30.2 Å². The summed E-state index contributed by atoms with van der Waals surface area (Å²) in [6.07, 6.45) is 1.97. The highest BCUT2D eigenvalue weighted by Gasteiger charge is 2.26. The van der Waals surface area contributed by atoms with Crippen molar-refractivity contribution in [2.75, 3.05) is 26.7 Å². The minimum atomic E-state index is -3.60. The molecule has 0 radical (unpaired) electrons. The van der Waals surface area contributed by atoms with Crippen LogP contribution in [0.1, 0.15) is 19.8 Å². The molecule has 1 heterocycles. The van der Waals surface area contributed by atoms with Gasteiger partial charge >= 0.3 is 0 Å². The molecule has 1 aromatic carbocycles. The minimum absolute atomic E-state index is 0.106. The number of nitrogens with zero attached hydrogens (tertiary/aromatic N) is 2. The van der Waals surface area contributed by atoms with Crippen LogP contribution in [0.4, 0.5) is 0 Å². The molecule has 21 heavy (non-hydrogen) atoms. The van der Waals surface area contributed by atoms with Crippen molar-refractivity contribution in [1.29, 1.82) is 0 Å². The molecule has 0 bridgehead atoms. The van der Waals surface area contributed by atoms with Gasteiger partial charge in [0.1, 0.15) is 0 Å². The fourth-order valence-electron chi connectivity index (χ4n) is 2.41. The van der Waals surface area contributed by atoms with E-state index in [4.69, 9.17) is 0 Å². The van der Waals surface area contributed by atoms with Crippen LogP contribution >= 0.6 is 0 Å². The first-order valence-corrected chi connectivity index (χ1v) is 8.64. The van der Waals surface area contributed by atoms with Gasteiger partial charge in [-0.3, -0.25) is 4.79 Å². The molecule has 0 unspecified atom stereocenters. The molecular formula is C15H22N2O3S. The number of likely N-dealkylation sites (N-methyl/N-ethyl adjacent to an activating group) is 1. The van der Waals surface area contributed by atoms with Crippen LogP contribution in [0.3, 0.4) is 0 Å². The summed E-state index contributed by atoms with van der Waals surface area (Å²) in [7, 11) is -2.15. The van der Waals surface area contributed by atoms with Crippen molar-refractivity contribution in [3.63, 3.8) is 0 Å². The summed E-state index contributed by atoms with van der Waals surface area (Å²) >= 11 is 0. The first kappa shape index (κ1) is 16.0. The summed E-state index contributed by atoms with van der Waals surface area (Å²) in [6, 6.07) is 8.19. The lowest BCUT2D eigenvalue weighted by atomic mass is 9.99. The molecule has 0 N–H and O–H groups in total. The summed E-state index contributed by atoms with van der Waals surface area (Å²) in [5.41, 5.74) is 0. The van der Waals surface area contributed by atoms with Gasteiger partial charge in [0.05, 0.1) is 11.4 Å². The van der Waals surface area contributed by atoms with Crippen molar-refractivity contribution < 1.29 is 13.2 Å². The zero-order valence-corrected chi connectivity index (χ0v) is 13.3. The predicted molar refractivity (Wildman–Crippen MR) is 81.2 cm³/mol. The molecule has 0 saturated carbocycles. The second-order valence-electron chi connectivity index (χ2n) is 5.64. The summed E-state index contributed by atoms with van der Waals surface area (Å²) in [4.78, 5) is 14.2. The first-order valence-electron chi connectivity index (χ1n) is 7.20. The van der Waals surface area contributed by atoms with Gasteiger partial charge in [-0.05, 0) is 30.9 Å². The zero-order valence-electron chi connectivity index (χ0n) is 12.5. The Morgan fingerprint density at radius 3 is 2.38 bits per heavy atom. The van der Waals surface area contributed by atoms with E-state index in [1.807, 2.05) is 0 Å². The molecule has 1 saturated heterocycles. The Morgan fingerprint density at radius 2 is 1.81 bits per heavy atom. The molecule has 0 aliphatic carbocycles. The SMILES string of the molecule is CC1CCN(C(=O)CN(C)S(=O)(=O)c2ccccc2)CC1. The van der Waals surface area contributed by atoms with E-state index >= 15 is 0 Å². The van der Waals surface area contributed by atoms with Crippen molar-refractivity contribution in [3.8, 4) is 0 Å². The third kappa shape index (κ3) is 3.83. The van der Waals surface area contributed by atoms with Crippen molar-refractivity contribution in [3.05, 3.63) is 30.3 Å². The van der Waals surface area contributed by atoms with Crippen LogP contribution in [0, 0.1) is 5.92 Å². The Labute approximate surface area is 126 Å². The summed E-state index contributed by atoms with van der Waals surface area (Å²) in [5.74, 6) is 0.517. The van der Waals surface area contributed by atoms with E-state index in [-0.39, 0.29) is 17.3 Å². The molecular weight excluding hydrogens is 288 g/mol. The van der Waals surface area contributed by atoms with Gasteiger partial charge in [-0.1, -0.05) is 25.1 Å². The number of carbonyl (C=O) groups excluding carboxylic acids is 1. The van der Waals surface area contributed by atoms with Gasteiger partial charge in [0.2, 0.25) is 15.9 Å². The number of hydrogen-bond acceptors (Lipinski definition) is 3. The first-order chi connectivity index (χ1) is 9.91. The quantitative estimate of drug-likeness (QED) is 0.848. The third-order valence-electron chi connectivity index (χ3n) is 3.95. The molecule has 1 aromatic rings. The van der Waals surface area contributed by atoms with E-state index in [1.54, 1.807) is 35.2 Å². The molecule has 0 atom stereocenters. The molecule has 2 rings (SSSR count). The maximum absolute atomic E-state index is 12.4. The van der Waals surface area contributed by atoms with Crippen LogP contribution in [0.5, 0.6) is 0 Å². The highest BCUT2D eigenvalue weighted by Crippen LogP contribution is 2.17. The van der Waals surface area contributed by atoms with Crippen LogP contribution in [-0.4, -0.2) is 50.2 Å². The number of hydrogen-bond donors (Lipinski definition) is 0. The number of sulfonamides is 1. The number of piperidine rings is 1. The number of rotatable bonds is 4. The maximum atomic E-state index is 12.4. The maximum Gasteiger partial charge on any atom is 0.243 e. The van der Waals surface area contributed by atoms with Crippen molar-refractivity contribution in [2.24, 2.45) is 5.92 Å². The molecule has 1 amide bonds. The average Bonchev–Trinajstić information content (AvgIpc) is 2.48. The smallest absolute Gasteiger partial charge is 0.243 e. The topological polar surface area (TPSA) is 57.7 Å². The molecule has 1 fully saturated rings. The normalized spacial score (nSPS) is 17.2. The third-order valence-corrected chi connectivity index (χ3v) is 5.76. The van der Waals surface area contributed by atoms with Gasteiger partial charge in [0.25, 0.3) is 0 Å². The van der Waals surface area contributed by atoms with E-state index in [2.05, 4.69) is 6.92 Å². The van der Waals surface area contributed by atoms with E-state index < -0.39 is 10.0 Å². The molecule has 6 heteroatoms. The Kier molecular flexibility index (Phi) is 5.00. The monoisotopic (exact) mass is 310 g/mol. The molecule has 1 aliphatic heterocycles.